The first-order chi connectivity index (χ1) is 3.79. The van der Waals surface area contributed by atoms with Gasteiger partial charge in [-0.1, -0.05) is 12.2 Å². The summed E-state index contributed by atoms with van der Waals surface area (Å²) in [6.07, 6.45) is 1.27. The molecule has 1 aliphatic heterocycles. The maximum absolute atomic E-state index is 4.68. The fourth-order valence-corrected chi connectivity index (χ4v) is 0.834. The standard InChI is InChI=1S/C4H8N2S2/c7-4(8)5-6-2-1-3-6/h1-3H2,(H2,5,7,8). The smallest absolute Gasteiger partial charge is 0.145 e. The van der Waals surface area contributed by atoms with Gasteiger partial charge in [-0.25, -0.2) is 5.01 Å². The van der Waals surface area contributed by atoms with Crippen molar-refractivity contribution in [3.8, 4) is 0 Å². The summed E-state index contributed by atoms with van der Waals surface area (Å²) in [7, 11) is 0. The molecule has 2 nitrogen and oxygen atoms in total. The number of thiol groups is 1. The Bertz CT molecular complexity index is 100. The number of hydrazine groups is 1. The van der Waals surface area contributed by atoms with E-state index in [1.165, 1.54) is 6.42 Å². The van der Waals surface area contributed by atoms with E-state index < -0.39 is 0 Å². The molecule has 0 aliphatic carbocycles. The molecule has 0 aromatic rings. The summed E-state index contributed by atoms with van der Waals surface area (Å²) >= 11 is 8.59. The van der Waals surface area contributed by atoms with Gasteiger partial charge in [0.15, 0.2) is 0 Å². The Labute approximate surface area is 59.6 Å². The van der Waals surface area contributed by atoms with Crippen LogP contribution in [0.3, 0.4) is 0 Å². The summed E-state index contributed by atoms with van der Waals surface area (Å²) in [6.45, 7) is 2.20. The van der Waals surface area contributed by atoms with Crippen molar-refractivity contribution in [1.82, 2.24) is 10.4 Å². The largest absolute Gasteiger partial charge is 0.304 e. The van der Waals surface area contributed by atoms with Gasteiger partial charge >= 0.3 is 0 Å². The topological polar surface area (TPSA) is 15.3 Å². The van der Waals surface area contributed by atoms with Crippen LogP contribution in [0.15, 0.2) is 0 Å². The van der Waals surface area contributed by atoms with E-state index in [4.69, 9.17) is 0 Å². The van der Waals surface area contributed by atoms with Gasteiger partial charge in [-0.15, -0.1) is 12.6 Å². The van der Waals surface area contributed by atoms with Gasteiger partial charge < -0.3 is 5.43 Å². The number of hydrogen-bond acceptors (Lipinski definition) is 2. The molecule has 0 spiro atoms. The van der Waals surface area contributed by atoms with Crippen molar-refractivity contribution in [2.75, 3.05) is 13.1 Å². The zero-order valence-electron chi connectivity index (χ0n) is 4.42. The molecular weight excluding hydrogens is 140 g/mol. The third kappa shape index (κ3) is 1.61. The van der Waals surface area contributed by atoms with Gasteiger partial charge in [0, 0.05) is 13.1 Å². The van der Waals surface area contributed by atoms with Gasteiger partial charge in [0.1, 0.15) is 4.32 Å². The second-order valence-corrected chi connectivity index (χ2v) is 2.92. The summed E-state index contributed by atoms with van der Waals surface area (Å²) in [6, 6.07) is 0. The summed E-state index contributed by atoms with van der Waals surface area (Å²) in [5.74, 6) is 0. The van der Waals surface area contributed by atoms with Crippen LogP contribution >= 0.6 is 24.8 Å². The molecule has 0 saturated carbocycles. The van der Waals surface area contributed by atoms with E-state index in [0.29, 0.717) is 4.32 Å². The Kier molecular flexibility index (Phi) is 2.10. The van der Waals surface area contributed by atoms with Crippen molar-refractivity contribution in [2.24, 2.45) is 0 Å². The van der Waals surface area contributed by atoms with E-state index in [-0.39, 0.29) is 0 Å². The van der Waals surface area contributed by atoms with Crippen molar-refractivity contribution in [3.05, 3.63) is 0 Å². The second-order valence-electron chi connectivity index (χ2n) is 1.76. The predicted octanol–water partition coefficient (Wildman–Crippen LogP) is 0.411. The van der Waals surface area contributed by atoms with Gasteiger partial charge in [-0.2, -0.15) is 0 Å². The summed E-state index contributed by atoms with van der Waals surface area (Å²) in [4.78, 5) is 0. The van der Waals surface area contributed by atoms with Crippen LogP contribution in [0.4, 0.5) is 0 Å². The molecule has 0 bridgehead atoms. The van der Waals surface area contributed by atoms with Crippen LogP contribution in [0, 0.1) is 0 Å². The van der Waals surface area contributed by atoms with Crippen molar-refractivity contribution in [2.45, 2.75) is 6.42 Å². The Morgan fingerprint density at radius 2 is 2.25 bits per heavy atom. The zero-order chi connectivity index (χ0) is 5.98. The molecule has 0 atom stereocenters. The van der Waals surface area contributed by atoms with Crippen molar-refractivity contribution in [1.29, 1.82) is 0 Å². The Morgan fingerprint density at radius 3 is 2.38 bits per heavy atom. The molecule has 8 heavy (non-hydrogen) atoms. The second kappa shape index (κ2) is 2.66. The lowest BCUT2D eigenvalue weighted by Crippen LogP contribution is -2.48. The van der Waals surface area contributed by atoms with E-state index in [9.17, 15) is 0 Å². The highest BCUT2D eigenvalue weighted by Crippen LogP contribution is 2.00. The first-order valence-corrected chi connectivity index (χ1v) is 3.39. The minimum atomic E-state index is 0.560. The highest BCUT2D eigenvalue weighted by atomic mass is 32.1. The molecule has 0 aromatic heterocycles. The van der Waals surface area contributed by atoms with E-state index >= 15 is 0 Å². The lowest BCUT2D eigenvalue weighted by molar-refractivity contribution is 0.149. The van der Waals surface area contributed by atoms with Gasteiger partial charge in [-0.3, -0.25) is 0 Å². The molecule has 0 radical (unpaired) electrons. The van der Waals surface area contributed by atoms with E-state index in [2.05, 4.69) is 30.3 Å². The Hall–Kier alpha value is 0.200. The molecule has 1 aliphatic rings. The van der Waals surface area contributed by atoms with Gasteiger partial charge in [0.2, 0.25) is 0 Å². The predicted molar refractivity (Wildman–Crippen MR) is 40.9 cm³/mol. The first-order valence-electron chi connectivity index (χ1n) is 2.53. The highest BCUT2D eigenvalue weighted by Gasteiger charge is 2.12. The number of thiocarbonyl (C=S) groups is 1. The maximum atomic E-state index is 4.68. The number of rotatable bonds is 1. The Morgan fingerprint density at radius 1 is 1.62 bits per heavy atom. The van der Waals surface area contributed by atoms with Crippen molar-refractivity contribution in [3.63, 3.8) is 0 Å². The van der Waals surface area contributed by atoms with Crippen LogP contribution in [0.1, 0.15) is 6.42 Å². The van der Waals surface area contributed by atoms with Gasteiger partial charge in [0.25, 0.3) is 0 Å². The molecule has 1 heterocycles. The van der Waals surface area contributed by atoms with Crippen LogP contribution in [0.2, 0.25) is 0 Å². The lowest BCUT2D eigenvalue weighted by Gasteiger charge is -2.30. The monoisotopic (exact) mass is 148 g/mol. The molecule has 1 rings (SSSR count). The minimum Gasteiger partial charge on any atom is -0.304 e. The third-order valence-electron chi connectivity index (χ3n) is 1.11. The lowest BCUT2D eigenvalue weighted by atomic mass is 10.3. The van der Waals surface area contributed by atoms with E-state index in [1.807, 2.05) is 5.01 Å². The normalized spacial score (nSPS) is 19.6. The number of nitrogens with zero attached hydrogens (tertiary/aromatic N) is 1. The molecule has 4 heteroatoms. The quantitative estimate of drug-likeness (QED) is 0.414. The van der Waals surface area contributed by atoms with Crippen molar-refractivity contribution < 1.29 is 0 Å². The van der Waals surface area contributed by atoms with Crippen LogP contribution in [0.5, 0.6) is 0 Å². The molecule has 0 amide bonds. The van der Waals surface area contributed by atoms with E-state index in [1.54, 1.807) is 0 Å². The SMILES string of the molecule is S=C(S)NN1CCC1. The molecule has 1 N–H and O–H groups in total. The minimum absolute atomic E-state index is 0.560. The number of nitrogens with one attached hydrogen (secondary N) is 1. The molecule has 0 aromatic carbocycles. The fourth-order valence-electron chi connectivity index (χ4n) is 0.563. The van der Waals surface area contributed by atoms with Crippen LogP contribution in [-0.4, -0.2) is 22.4 Å². The first kappa shape index (κ1) is 6.32. The highest BCUT2D eigenvalue weighted by molar-refractivity contribution is 8.11. The maximum Gasteiger partial charge on any atom is 0.145 e. The van der Waals surface area contributed by atoms with Crippen LogP contribution in [-0.2, 0) is 0 Å². The average Bonchev–Trinajstić information content (AvgIpc) is 1.55. The van der Waals surface area contributed by atoms with Gasteiger partial charge in [0.05, 0.1) is 0 Å². The molecule has 1 saturated heterocycles. The van der Waals surface area contributed by atoms with E-state index in [0.717, 1.165) is 13.1 Å². The third-order valence-corrected chi connectivity index (χ3v) is 1.30. The number of hydrogen-bond donors (Lipinski definition) is 2. The molecular formula is C4H8N2S2. The molecule has 46 valence electrons. The summed E-state index contributed by atoms with van der Waals surface area (Å²) in [5.41, 5.74) is 2.91. The zero-order valence-corrected chi connectivity index (χ0v) is 6.13. The molecule has 1 fully saturated rings. The fraction of sp³-hybridized carbons (Fsp3) is 0.750. The van der Waals surface area contributed by atoms with Crippen LogP contribution < -0.4 is 5.43 Å². The summed E-state index contributed by atoms with van der Waals surface area (Å²) < 4.78 is 0.560. The summed E-state index contributed by atoms with van der Waals surface area (Å²) in [5, 5.41) is 2.04. The Balaban J connectivity index is 2.09. The average molecular weight is 148 g/mol. The van der Waals surface area contributed by atoms with Crippen molar-refractivity contribution >= 4 is 29.2 Å². The molecule has 0 unspecified atom stereocenters. The van der Waals surface area contributed by atoms with Crippen LogP contribution in [0.25, 0.3) is 0 Å². The van der Waals surface area contributed by atoms with Gasteiger partial charge in [-0.05, 0) is 6.42 Å².